The fraction of sp³-hybridized carbons (Fsp3) is 0.800. The lowest BCUT2D eigenvalue weighted by Crippen LogP contribution is -2.27. The van der Waals surface area contributed by atoms with Crippen LogP contribution in [0.5, 0.6) is 0 Å². The van der Waals surface area contributed by atoms with E-state index >= 15 is 0 Å². The van der Waals surface area contributed by atoms with E-state index in [1.165, 1.54) is 25.7 Å². The van der Waals surface area contributed by atoms with Gasteiger partial charge in [0.2, 0.25) is 5.76 Å². The van der Waals surface area contributed by atoms with Crippen molar-refractivity contribution in [3.05, 3.63) is 23.7 Å². The number of carboxylic acids is 1. The van der Waals surface area contributed by atoms with E-state index in [9.17, 15) is 14.7 Å². The maximum Gasteiger partial charge on any atom is 0.374 e. The first-order chi connectivity index (χ1) is 18.1. The third-order valence-electron chi connectivity index (χ3n) is 7.68. The summed E-state index contributed by atoms with van der Waals surface area (Å²) in [6.45, 7) is 3.41. The van der Waals surface area contributed by atoms with Crippen molar-refractivity contribution >= 4 is 11.8 Å². The van der Waals surface area contributed by atoms with Gasteiger partial charge in [-0.15, -0.1) is 0 Å². The zero-order chi connectivity index (χ0) is 26.3. The number of ether oxygens (including phenoxy) is 4. The van der Waals surface area contributed by atoms with Gasteiger partial charge in [-0.1, -0.05) is 44.8 Å². The van der Waals surface area contributed by atoms with Crippen molar-refractivity contribution in [3.8, 4) is 0 Å². The average Bonchev–Trinajstić information content (AvgIpc) is 3.26. The van der Waals surface area contributed by atoms with E-state index < -0.39 is 18.5 Å². The number of Topliss-reactive ketones (excluding diaryl/α,β-unsaturated/α-hetero) is 1. The highest BCUT2D eigenvalue weighted by atomic mass is 16.7. The number of allylic oxidation sites excluding steroid dienone is 3. The largest absolute Gasteiger partial charge is 0.475 e. The van der Waals surface area contributed by atoms with Crippen LogP contribution in [0.4, 0.5) is 0 Å². The molecule has 2 aliphatic heterocycles. The van der Waals surface area contributed by atoms with Gasteiger partial charge < -0.3 is 24.1 Å². The summed E-state index contributed by atoms with van der Waals surface area (Å²) in [7, 11) is 0. The Balaban J connectivity index is 1.55. The van der Waals surface area contributed by atoms with Gasteiger partial charge in [0.15, 0.2) is 12.6 Å². The molecule has 4 atom stereocenters. The number of carboxylic acid groups (broad SMARTS) is 1. The molecule has 0 radical (unpaired) electrons. The lowest BCUT2D eigenvalue weighted by atomic mass is 9.89. The minimum atomic E-state index is -1.14. The Morgan fingerprint density at radius 2 is 1.68 bits per heavy atom. The second-order valence-corrected chi connectivity index (χ2v) is 10.7. The average molecular weight is 521 g/mol. The molecule has 2 heterocycles. The van der Waals surface area contributed by atoms with Crippen molar-refractivity contribution < 1.29 is 33.6 Å². The summed E-state index contributed by atoms with van der Waals surface area (Å²) in [5, 5.41) is 9.94. The van der Waals surface area contributed by atoms with Gasteiger partial charge in [-0.05, 0) is 63.7 Å². The number of hydrogen-bond acceptors (Lipinski definition) is 6. The van der Waals surface area contributed by atoms with Gasteiger partial charge in [-0.3, -0.25) is 4.79 Å². The second kappa shape index (κ2) is 16.9. The molecule has 2 unspecified atom stereocenters. The summed E-state index contributed by atoms with van der Waals surface area (Å²) in [5.74, 6) is -0.200. The molecule has 1 aliphatic carbocycles. The highest BCUT2D eigenvalue weighted by Crippen LogP contribution is 2.34. The minimum Gasteiger partial charge on any atom is -0.475 e. The SMILES string of the molecule is CCCCCC/C=C/[C@H]1CCC(=O)[C@@H]1CCCC/C(OC1CCCCO1)=C(\OC1CCCCO1)C(=O)O. The summed E-state index contributed by atoms with van der Waals surface area (Å²) in [5.41, 5.74) is 0. The maximum atomic E-state index is 12.6. The summed E-state index contributed by atoms with van der Waals surface area (Å²) >= 11 is 0. The van der Waals surface area contributed by atoms with E-state index in [1.807, 2.05) is 0 Å². The molecule has 3 fully saturated rings. The van der Waals surface area contributed by atoms with E-state index in [-0.39, 0.29) is 11.7 Å². The minimum absolute atomic E-state index is 0.0766. The van der Waals surface area contributed by atoms with Crippen LogP contribution in [0.25, 0.3) is 0 Å². The van der Waals surface area contributed by atoms with Crippen molar-refractivity contribution in [2.24, 2.45) is 11.8 Å². The van der Waals surface area contributed by atoms with Crippen LogP contribution in [0.2, 0.25) is 0 Å². The zero-order valence-corrected chi connectivity index (χ0v) is 22.8. The number of ketones is 1. The maximum absolute atomic E-state index is 12.6. The normalized spacial score (nSPS) is 27.3. The van der Waals surface area contributed by atoms with Crippen molar-refractivity contribution in [1.82, 2.24) is 0 Å². The molecule has 0 amide bonds. The fourth-order valence-electron chi connectivity index (χ4n) is 5.51. The summed E-state index contributed by atoms with van der Waals surface area (Å²) in [4.78, 5) is 24.7. The van der Waals surface area contributed by atoms with Crippen LogP contribution >= 0.6 is 0 Å². The van der Waals surface area contributed by atoms with Gasteiger partial charge in [-0.25, -0.2) is 4.79 Å². The van der Waals surface area contributed by atoms with E-state index in [0.717, 1.165) is 64.2 Å². The first-order valence-corrected chi connectivity index (χ1v) is 14.8. The molecule has 0 spiro atoms. The Labute approximate surface area is 222 Å². The van der Waals surface area contributed by atoms with Gasteiger partial charge in [-0.2, -0.15) is 0 Å². The smallest absolute Gasteiger partial charge is 0.374 e. The molecule has 7 nitrogen and oxygen atoms in total. The molecular formula is C30H48O7. The molecule has 0 bridgehead atoms. The van der Waals surface area contributed by atoms with Gasteiger partial charge in [0.05, 0.1) is 13.2 Å². The number of carbonyl (C=O) groups is 2. The van der Waals surface area contributed by atoms with Gasteiger partial charge in [0, 0.05) is 31.6 Å². The van der Waals surface area contributed by atoms with Crippen molar-refractivity contribution in [2.45, 2.75) is 129 Å². The summed E-state index contributed by atoms with van der Waals surface area (Å²) in [6.07, 6.45) is 19.4. The summed E-state index contributed by atoms with van der Waals surface area (Å²) in [6, 6.07) is 0. The molecule has 1 saturated carbocycles. The number of carbonyl (C=O) groups excluding carboxylic acids is 1. The predicted octanol–water partition coefficient (Wildman–Crippen LogP) is 7.05. The third kappa shape index (κ3) is 10.4. The fourth-order valence-corrected chi connectivity index (χ4v) is 5.51. The molecule has 3 aliphatic rings. The molecule has 1 N–H and O–H groups in total. The lowest BCUT2D eigenvalue weighted by Gasteiger charge is -2.28. The molecule has 3 rings (SSSR count). The molecule has 210 valence electrons. The Hall–Kier alpha value is -1.86. The van der Waals surface area contributed by atoms with E-state index in [2.05, 4.69) is 19.1 Å². The van der Waals surface area contributed by atoms with Crippen molar-refractivity contribution in [1.29, 1.82) is 0 Å². The van der Waals surface area contributed by atoms with Crippen molar-refractivity contribution in [3.63, 3.8) is 0 Å². The molecular weight excluding hydrogens is 472 g/mol. The Kier molecular flexibility index (Phi) is 13.5. The van der Waals surface area contributed by atoms with Gasteiger partial charge in [0.25, 0.3) is 0 Å². The topological polar surface area (TPSA) is 91.3 Å². The van der Waals surface area contributed by atoms with Crippen molar-refractivity contribution in [2.75, 3.05) is 13.2 Å². The van der Waals surface area contributed by atoms with Crippen LogP contribution in [0, 0.1) is 11.8 Å². The van der Waals surface area contributed by atoms with E-state index in [1.54, 1.807) is 0 Å². The van der Waals surface area contributed by atoms with E-state index in [0.29, 0.717) is 49.9 Å². The number of rotatable bonds is 16. The second-order valence-electron chi connectivity index (χ2n) is 10.7. The van der Waals surface area contributed by atoms with Crippen LogP contribution in [-0.4, -0.2) is 42.7 Å². The monoisotopic (exact) mass is 520 g/mol. The quantitative estimate of drug-likeness (QED) is 0.101. The zero-order valence-electron chi connectivity index (χ0n) is 22.8. The third-order valence-corrected chi connectivity index (χ3v) is 7.68. The number of hydrogen-bond donors (Lipinski definition) is 1. The number of unbranched alkanes of at least 4 members (excludes halogenated alkanes) is 5. The molecule has 0 aromatic heterocycles. The standard InChI is InChI=1S/C30H48O7/c1-2-3-4-5-6-7-14-23-19-20-25(31)24(23)15-8-9-16-26(36-27-17-10-12-21-34-27)29(30(32)33)37-28-18-11-13-22-35-28/h7,14,23-24,27-28H,2-6,8-13,15-22H2,1H3,(H,32,33)/b14-7+,29-26+/t23-,24+,27?,28?/m0/s1. The Morgan fingerprint density at radius 1 is 0.946 bits per heavy atom. The highest BCUT2D eigenvalue weighted by Gasteiger charge is 2.32. The van der Waals surface area contributed by atoms with Gasteiger partial charge >= 0.3 is 5.97 Å². The molecule has 37 heavy (non-hydrogen) atoms. The molecule has 0 aromatic rings. The summed E-state index contributed by atoms with van der Waals surface area (Å²) < 4.78 is 23.2. The first-order valence-electron chi connectivity index (χ1n) is 14.8. The molecule has 7 heteroatoms. The highest BCUT2D eigenvalue weighted by molar-refractivity contribution is 5.85. The van der Waals surface area contributed by atoms with Crippen LogP contribution in [0.15, 0.2) is 23.7 Å². The Morgan fingerprint density at radius 3 is 2.32 bits per heavy atom. The molecule has 0 aromatic carbocycles. The van der Waals surface area contributed by atoms with Gasteiger partial charge in [0.1, 0.15) is 11.5 Å². The van der Waals surface area contributed by atoms with E-state index in [4.69, 9.17) is 18.9 Å². The molecule has 2 saturated heterocycles. The van der Waals surface area contributed by atoms with Crippen LogP contribution < -0.4 is 0 Å². The predicted molar refractivity (Wildman–Crippen MR) is 142 cm³/mol. The van der Waals surface area contributed by atoms with Crippen LogP contribution in [0.3, 0.4) is 0 Å². The van der Waals surface area contributed by atoms with Crippen LogP contribution in [0.1, 0.15) is 116 Å². The van der Waals surface area contributed by atoms with Crippen LogP contribution in [-0.2, 0) is 28.5 Å². The first kappa shape index (κ1) is 29.7. The lowest BCUT2D eigenvalue weighted by molar-refractivity contribution is -0.170. The number of aliphatic carboxylic acids is 1. The Bertz CT molecular complexity index is 747.